The molecule has 0 spiro atoms. The summed E-state index contributed by atoms with van der Waals surface area (Å²) >= 11 is 0. The second-order valence-electron chi connectivity index (χ2n) is 6.90. The van der Waals surface area contributed by atoms with Gasteiger partial charge in [-0.2, -0.15) is 0 Å². The summed E-state index contributed by atoms with van der Waals surface area (Å²) in [5.41, 5.74) is 2.07. The molecule has 0 aromatic heterocycles. The molecule has 6 nitrogen and oxygen atoms in total. The Hall–Kier alpha value is -1.72. The van der Waals surface area contributed by atoms with Crippen LogP contribution in [0.4, 0.5) is 4.39 Å². The molecular formula is C21H29FIN3O3S. The largest absolute Gasteiger partial charge is 0.391 e. The van der Waals surface area contributed by atoms with E-state index in [0.29, 0.717) is 36.6 Å². The van der Waals surface area contributed by atoms with Crippen molar-refractivity contribution in [2.75, 3.05) is 19.3 Å². The molecule has 1 unspecified atom stereocenters. The second kappa shape index (κ2) is 12.9. The van der Waals surface area contributed by atoms with Crippen LogP contribution in [-0.2, 0) is 28.6 Å². The third kappa shape index (κ3) is 9.86. The summed E-state index contributed by atoms with van der Waals surface area (Å²) in [6.45, 7) is 2.93. The smallest absolute Gasteiger partial charge is 0.191 e. The third-order valence-corrected chi connectivity index (χ3v) is 4.99. The van der Waals surface area contributed by atoms with E-state index in [-0.39, 0.29) is 36.3 Å². The number of benzene rings is 2. The monoisotopic (exact) mass is 549 g/mol. The zero-order valence-electron chi connectivity index (χ0n) is 17.1. The quantitative estimate of drug-likeness (QED) is 0.254. The fourth-order valence-corrected chi connectivity index (χ4v) is 3.69. The minimum Gasteiger partial charge on any atom is -0.391 e. The molecule has 3 N–H and O–H groups in total. The molecule has 166 valence electrons. The van der Waals surface area contributed by atoms with Gasteiger partial charge in [0.1, 0.15) is 5.82 Å². The number of guanidine groups is 1. The number of aliphatic hydroxyl groups excluding tert-OH is 1. The number of halogens is 2. The molecule has 0 heterocycles. The maximum absolute atomic E-state index is 13.7. The average molecular weight is 549 g/mol. The van der Waals surface area contributed by atoms with Gasteiger partial charge in [-0.25, -0.2) is 17.8 Å². The number of nitrogens with zero attached hydrogens (tertiary/aromatic N) is 1. The second-order valence-corrected chi connectivity index (χ2v) is 9.04. The Morgan fingerprint density at radius 3 is 2.47 bits per heavy atom. The van der Waals surface area contributed by atoms with Gasteiger partial charge >= 0.3 is 0 Å². The van der Waals surface area contributed by atoms with E-state index in [2.05, 4.69) is 15.6 Å². The highest BCUT2D eigenvalue weighted by molar-refractivity contribution is 14.0. The molecule has 0 radical (unpaired) electrons. The molecule has 2 rings (SSSR count). The number of hydrogen-bond acceptors (Lipinski definition) is 4. The first-order chi connectivity index (χ1) is 13.8. The normalized spacial score (nSPS) is 12.7. The van der Waals surface area contributed by atoms with E-state index in [0.717, 1.165) is 11.8 Å². The van der Waals surface area contributed by atoms with Crippen molar-refractivity contribution in [2.24, 2.45) is 4.99 Å². The summed E-state index contributed by atoms with van der Waals surface area (Å²) in [5, 5.41) is 16.4. The summed E-state index contributed by atoms with van der Waals surface area (Å²) in [6, 6.07) is 13.7. The van der Waals surface area contributed by atoms with E-state index in [1.165, 1.54) is 18.2 Å². The standard InChI is InChI=1S/C21H28FN3O3S.HI/c1-3-23-21(25-14-20(26)11-16-7-5-4-6-8-16)24-13-18-12-19(22)10-9-17(18)15-29(2,27)28;/h4-10,12,20,26H,3,11,13-15H2,1-2H3,(H2,23,24,25);1H. The highest BCUT2D eigenvalue weighted by Crippen LogP contribution is 2.15. The van der Waals surface area contributed by atoms with Crippen LogP contribution < -0.4 is 10.6 Å². The third-order valence-electron chi connectivity index (χ3n) is 4.16. The Bertz CT molecular complexity index is 924. The summed E-state index contributed by atoms with van der Waals surface area (Å²) in [4.78, 5) is 4.42. The Morgan fingerprint density at radius 1 is 1.13 bits per heavy atom. The number of sulfone groups is 1. The minimum absolute atomic E-state index is 0. The molecule has 30 heavy (non-hydrogen) atoms. The van der Waals surface area contributed by atoms with Crippen LogP contribution in [0.3, 0.4) is 0 Å². The van der Waals surface area contributed by atoms with E-state index in [9.17, 15) is 17.9 Å². The van der Waals surface area contributed by atoms with Crippen molar-refractivity contribution >= 4 is 39.8 Å². The lowest BCUT2D eigenvalue weighted by atomic mass is 10.1. The van der Waals surface area contributed by atoms with Crippen LogP contribution in [-0.4, -0.2) is 44.9 Å². The SMILES string of the molecule is CCNC(=NCc1cc(F)ccc1CS(C)(=O)=O)NCC(O)Cc1ccccc1.I. The summed E-state index contributed by atoms with van der Waals surface area (Å²) in [7, 11) is -3.25. The van der Waals surface area contributed by atoms with Gasteiger partial charge < -0.3 is 15.7 Å². The molecular weight excluding hydrogens is 520 g/mol. The maximum atomic E-state index is 13.7. The van der Waals surface area contributed by atoms with Crippen LogP contribution in [0.25, 0.3) is 0 Å². The van der Waals surface area contributed by atoms with Gasteiger partial charge in [-0.3, -0.25) is 0 Å². The minimum atomic E-state index is -3.25. The highest BCUT2D eigenvalue weighted by atomic mass is 127. The number of hydrogen-bond donors (Lipinski definition) is 3. The van der Waals surface area contributed by atoms with E-state index in [1.807, 2.05) is 37.3 Å². The van der Waals surface area contributed by atoms with Crippen molar-refractivity contribution in [3.63, 3.8) is 0 Å². The molecule has 0 saturated carbocycles. The van der Waals surface area contributed by atoms with Crippen LogP contribution >= 0.6 is 24.0 Å². The van der Waals surface area contributed by atoms with Gasteiger partial charge in [0, 0.05) is 25.8 Å². The molecule has 0 fully saturated rings. The molecule has 0 aliphatic carbocycles. The first-order valence-corrected chi connectivity index (χ1v) is 11.5. The zero-order chi connectivity index (χ0) is 21.3. The number of nitrogens with one attached hydrogen (secondary N) is 2. The molecule has 0 bridgehead atoms. The van der Waals surface area contributed by atoms with Gasteiger partial charge in [0.05, 0.1) is 18.4 Å². The van der Waals surface area contributed by atoms with Crippen molar-refractivity contribution in [1.82, 2.24) is 10.6 Å². The van der Waals surface area contributed by atoms with Crippen molar-refractivity contribution in [3.8, 4) is 0 Å². The van der Waals surface area contributed by atoms with E-state index < -0.39 is 21.8 Å². The van der Waals surface area contributed by atoms with Gasteiger partial charge in [0.15, 0.2) is 15.8 Å². The van der Waals surface area contributed by atoms with Crippen LogP contribution in [0.1, 0.15) is 23.6 Å². The summed E-state index contributed by atoms with van der Waals surface area (Å²) < 4.78 is 36.9. The predicted molar refractivity (Wildman–Crippen MR) is 129 cm³/mol. The zero-order valence-corrected chi connectivity index (χ0v) is 20.3. The van der Waals surface area contributed by atoms with Gasteiger partial charge in [-0.05, 0) is 35.7 Å². The molecule has 0 saturated heterocycles. The van der Waals surface area contributed by atoms with Gasteiger partial charge in [0.2, 0.25) is 0 Å². The van der Waals surface area contributed by atoms with Gasteiger partial charge in [-0.15, -0.1) is 24.0 Å². The summed E-state index contributed by atoms with van der Waals surface area (Å²) in [6.07, 6.45) is 1.05. The molecule has 1 atom stereocenters. The number of aliphatic imine (C=N–C) groups is 1. The lowest BCUT2D eigenvalue weighted by Crippen LogP contribution is -2.41. The molecule has 0 amide bonds. The number of aliphatic hydroxyl groups is 1. The highest BCUT2D eigenvalue weighted by Gasteiger charge is 2.11. The lowest BCUT2D eigenvalue weighted by molar-refractivity contribution is 0.177. The molecule has 0 aliphatic rings. The fourth-order valence-electron chi connectivity index (χ4n) is 2.84. The Morgan fingerprint density at radius 2 is 1.83 bits per heavy atom. The van der Waals surface area contributed by atoms with E-state index in [1.54, 1.807) is 0 Å². The van der Waals surface area contributed by atoms with Crippen molar-refractivity contribution in [2.45, 2.75) is 31.7 Å². The van der Waals surface area contributed by atoms with Gasteiger partial charge in [-0.1, -0.05) is 36.4 Å². The van der Waals surface area contributed by atoms with Crippen LogP contribution in [0.15, 0.2) is 53.5 Å². The lowest BCUT2D eigenvalue weighted by Gasteiger charge is -2.16. The van der Waals surface area contributed by atoms with Crippen molar-refractivity contribution < 1.29 is 17.9 Å². The van der Waals surface area contributed by atoms with E-state index in [4.69, 9.17) is 0 Å². The predicted octanol–water partition coefficient (Wildman–Crippen LogP) is 2.65. The maximum Gasteiger partial charge on any atom is 0.191 e. The topological polar surface area (TPSA) is 90.8 Å². The molecule has 9 heteroatoms. The molecule has 2 aromatic carbocycles. The first-order valence-electron chi connectivity index (χ1n) is 9.46. The Kier molecular flexibility index (Phi) is 11.3. The fraction of sp³-hybridized carbons (Fsp3) is 0.381. The summed E-state index contributed by atoms with van der Waals surface area (Å²) in [5.74, 6) is -0.143. The Labute approximate surface area is 194 Å². The first kappa shape index (κ1) is 26.3. The molecule has 2 aromatic rings. The molecule has 0 aliphatic heterocycles. The van der Waals surface area contributed by atoms with Crippen LogP contribution in [0.5, 0.6) is 0 Å². The van der Waals surface area contributed by atoms with Crippen LogP contribution in [0.2, 0.25) is 0 Å². The van der Waals surface area contributed by atoms with Crippen molar-refractivity contribution in [3.05, 3.63) is 71.0 Å². The average Bonchev–Trinajstić information content (AvgIpc) is 2.65. The van der Waals surface area contributed by atoms with E-state index >= 15 is 0 Å². The van der Waals surface area contributed by atoms with Crippen LogP contribution in [0, 0.1) is 5.82 Å². The Balaban J connectivity index is 0.00000450. The van der Waals surface area contributed by atoms with Crippen molar-refractivity contribution in [1.29, 1.82) is 0 Å². The van der Waals surface area contributed by atoms with Gasteiger partial charge in [0.25, 0.3) is 0 Å². The number of rotatable bonds is 9.